The van der Waals surface area contributed by atoms with Crippen LogP contribution in [0.4, 0.5) is 0 Å². The highest BCUT2D eigenvalue weighted by Gasteiger charge is 2.50. The molecule has 0 fully saturated rings. The van der Waals surface area contributed by atoms with Gasteiger partial charge in [-0.1, -0.05) is 55.8 Å². The number of nitrogens with two attached hydrogens (primary N) is 1. The van der Waals surface area contributed by atoms with Crippen molar-refractivity contribution in [2.24, 2.45) is 11.8 Å². The van der Waals surface area contributed by atoms with Crippen molar-refractivity contribution in [1.82, 2.24) is 15.9 Å². The Balaban J connectivity index is 2.63. The van der Waals surface area contributed by atoms with Crippen LogP contribution in [0.5, 0.6) is 0 Å². The molecular weight excluding hydrogens is 468 g/mol. The van der Waals surface area contributed by atoms with Crippen molar-refractivity contribution in [3.05, 3.63) is 71.6 Å². The van der Waals surface area contributed by atoms with Gasteiger partial charge in [-0.2, -0.15) is 0 Å². The van der Waals surface area contributed by atoms with E-state index in [4.69, 9.17) is 5.84 Å². The van der Waals surface area contributed by atoms with Crippen LogP contribution in [0.3, 0.4) is 0 Å². The van der Waals surface area contributed by atoms with Crippen molar-refractivity contribution in [2.75, 3.05) is 6.26 Å². The minimum Gasteiger partial charge on any atom is -0.293 e. The summed E-state index contributed by atoms with van der Waals surface area (Å²) < 4.78 is 24.2. The number of carbonyl (C=O) groups is 2. The zero-order valence-electron chi connectivity index (χ0n) is 20.3. The first kappa shape index (κ1) is 28.2. The first-order valence-corrected chi connectivity index (χ1v) is 13.3. The number of pyridine rings is 1. The van der Waals surface area contributed by atoms with Crippen LogP contribution in [0, 0.1) is 12.8 Å². The fourth-order valence-corrected chi connectivity index (χ4v) is 5.82. The molecule has 1 aromatic heterocycles. The topological polar surface area (TPSA) is 151 Å². The highest BCUT2D eigenvalue weighted by molar-refractivity contribution is 7.92. The maximum Gasteiger partial charge on any atom is 0.255 e. The van der Waals surface area contributed by atoms with E-state index in [1.165, 1.54) is 0 Å². The lowest BCUT2D eigenvalue weighted by atomic mass is 9.77. The fourth-order valence-electron chi connectivity index (χ4n) is 4.37. The normalized spacial score (nSPS) is 15.2. The third-order valence-electron chi connectivity index (χ3n) is 6.21. The molecule has 1 unspecified atom stereocenters. The minimum atomic E-state index is -3.97. The van der Waals surface area contributed by atoms with Crippen molar-refractivity contribution in [2.45, 2.75) is 50.2 Å². The summed E-state index contributed by atoms with van der Waals surface area (Å²) in [7, 11) is -3.97. The number of hydrogen-bond donors (Lipinski definition) is 4. The molecule has 3 atom stereocenters. The van der Waals surface area contributed by atoms with E-state index in [-0.39, 0.29) is 19.3 Å². The first-order valence-electron chi connectivity index (χ1n) is 11.4. The molecule has 1 aromatic carbocycles. The van der Waals surface area contributed by atoms with E-state index in [1.54, 1.807) is 36.8 Å². The van der Waals surface area contributed by atoms with Crippen molar-refractivity contribution >= 4 is 27.7 Å². The molecule has 0 saturated heterocycles. The van der Waals surface area contributed by atoms with Gasteiger partial charge >= 0.3 is 0 Å². The number of hydroxylamine groups is 1. The average molecular weight is 503 g/mol. The zero-order chi connectivity index (χ0) is 26.1. The van der Waals surface area contributed by atoms with E-state index in [2.05, 4.69) is 4.98 Å². The Morgan fingerprint density at radius 2 is 1.91 bits per heavy atom. The zero-order valence-corrected chi connectivity index (χ0v) is 21.1. The molecule has 5 N–H and O–H groups in total. The molecule has 2 aromatic rings. The molecule has 0 spiro atoms. The van der Waals surface area contributed by atoms with Crippen molar-refractivity contribution < 1.29 is 23.2 Å². The molecule has 190 valence electrons. The van der Waals surface area contributed by atoms with E-state index >= 15 is 0 Å². The van der Waals surface area contributed by atoms with Crippen LogP contribution in [0.25, 0.3) is 6.08 Å². The summed E-state index contributed by atoms with van der Waals surface area (Å²) in [5.41, 5.74) is 5.93. The molecule has 0 aliphatic carbocycles. The van der Waals surface area contributed by atoms with Crippen LogP contribution >= 0.6 is 0 Å². The number of hydrogen-bond acceptors (Lipinski definition) is 7. The summed E-state index contributed by atoms with van der Waals surface area (Å²) in [5, 5.41) is 9.53. The summed E-state index contributed by atoms with van der Waals surface area (Å²) in [4.78, 5) is 30.3. The molecule has 0 aliphatic heterocycles. The van der Waals surface area contributed by atoms with Gasteiger partial charge in [0.15, 0.2) is 14.6 Å². The molecule has 1 heterocycles. The molecule has 2 amide bonds. The number of nitrogens with one attached hydrogen (secondary N) is 2. The second kappa shape index (κ2) is 12.6. The van der Waals surface area contributed by atoms with Gasteiger partial charge in [0, 0.05) is 24.1 Å². The van der Waals surface area contributed by atoms with Crippen LogP contribution < -0.4 is 16.7 Å². The first-order chi connectivity index (χ1) is 16.6. The predicted octanol–water partition coefficient (Wildman–Crippen LogP) is 2.66. The van der Waals surface area contributed by atoms with Gasteiger partial charge in [0.1, 0.15) is 0 Å². The van der Waals surface area contributed by atoms with Gasteiger partial charge in [-0.25, -0.2) is 19.7 Å². The number of rotatable bonds is 12. The molecule has 0 saturated carbocycles. The Morgan fingerprint density at radius 3 is 2.46 bits per heavy atom. The number of aromatic nitrogens is 1. The molecule has 0 radical (unpaired) electrons. The second-order valence-corrected chi connectivity index (χ2v) is 11.0. The number of allylic oxidation sites excluding steroid dienone is 1. The van der Waals surface area contributed by atoms with E-state index in [9.17, 15) is 23.2 Å². The summed E-state index contributed by atoms with van der Waals surface area (Å²) >= 11 is 0. The molecule has 2 rings (SSSR count). The number of nitrogens with zero attached hydrogens (tertiary/aromatic N) is 1. The summed E-state index contributed by atoms with van der Waals surface area (Å²) in [5.74, 6) is 2.13. The summed E-state index contributed by atoms with van der Waals surface area (Å²) in [6, 6.07) is 13.0. The summed E-state index contributed by atoms with van der Waals surface area (Å²) in [6.45, 7) is 3.62. The third-order valence-corrected chi connectivity index (χ3v) is 8.18. The Morgan fingerprint density at radius 1 is 1.23 bits per heavy atom. The Hall–Kier alpha value is -3.08. The number of amides is 2. The van der Waals surface area contributed by atoms with Gasteiger partial charge in [-0.15, -0.1) is 0 Å². The van der Waals surface area contributed by atoms with E-state index in [1.807, 2.05) is 48.8 Å². The number of benzene rings is 1. The number of sulfone groups is 1. The van der Waals surface area contributed by atoms with E-state index in [0.29, 0.717) is 12.1 Å². The van der Waals surface area contributed by atoms with Crippen LogP contribution in [0.15, 0.2) is 54.7 Å². The van der Waals surface area contributed by atoms with E-state index in [0.717, 1.165) is 17.4 Å². The van der Waals surface area contributed by atoms with Crippen molar-refractivity contribution in [3.63, 3.8) is 0 Å². The Kier molecular flexibility index (Phi) is 10.1. The van der Waals surface area contributed by atoms with Crippen LogP contribution in [-0.4, -0.2) is 41.4 Å². The smallest absolute Gasteiger partial charge is 0.255 e. The van der Waals surface area contributed by atoms with Crippen LogP contribution in [-0.2, 0) is 19.4 Å². The highest BCUT2D eigenvalue weighted by Crippen LogP contribution is 2.40. The lowest BCUT2D eigenvalue weighted by Crippen LogP contribution is -2.55. The molecule has 0 aliphatic rings. The van der Waals surface area contributed by atoms with Gasteiger partial charge in [0.25, 0.3) is 5.91 Å². The second-order valence-electron chi connectivity index (χ2n) is 8.69. The van der Waals surface area contributed by atoms with Gasteiger partial charge < -0.3 is 0 Å². The summed E-state index contributed by atoms with van der Waals surface area (Å²) in [6.07, 6.45) is 6.49. The number of aryl methyl sites for hydroxylation is 1. The minimum absolute atomic E-state index is 0.00447. The average Bonchev–Trinajstić information content (AvgIpc) is 2.83. The SMILES string of the molecule is CCCC(C[C@@H](c1cc(C)ccn1)[C@H](C/C=C/c1ccccc1)C(=O)NO)(C(=O)NN)S(C)(=O)=O. The van der Waals surface area contributed by atoms with Crippen molar-refractivity contribution in [3.8, 4) is 0 Å². The Bertz CT molecular complexity index is 1140. The molecular formula is C25H34N4O5S. The molecule has 35 heavy (non-hydrogen) atoms. The van der Waals surface area contributed by atoms with E-state index < -0.39 is 38.2 Å². The maximum absolute atomic E-state index is 13.0. The number of hydrazine groups is 1. The standard InChI is InChI=1S/C25H34N4O5S/c1-4-14-25(24(31)28-26,35(3,33)34)17-21(22-16-18(2)13-15-27-22)20(23(30)29-32)12-8-11-19-9-6-5-7-10-19/h5-11,13,15-16,20-21,32H,4,12,14,17,26H2,1-3H3,(H,28,31)(H,29,30)/b11-8+/t20-,21+,25?/m0/s1. The molecule has 9 nitrogen and oxygen atoms in total. The quantitative estimate of drug-likeness (QED) is 0.151. The monoisotopic (exact) mass is 502 g/mol. The van der Waals surface area contributed by atoms with Crippen LogP contribution in [0.2, 0.25) is 0 Å². The fraction of sp³-hybridized carbons (Fsp3) is 0.400. The molecule has 0 bridgehead atoms. The number of carbonyl (C=O) groups excluding carboxylic acids is 2. The lowest BCUT2D eigenvalue weighted by Gasteiger charge is -2.35. The molecule has 10 heteroatoms. The van der Waals surface area contributed by atoms with Gasteiger partial charge in [0.2, 0.25) is 5.91 Å². The van der Waals surface area contributed by atoms with Gasteiger partial charge in [0.05, 0.1) is 5.92 Å². The van der Waals surface area contributed by atoms with Crippen LogP contribution in [0.1, 0.15) is 55.3 Å². The largest absolute Gasteiger partial charge is 0.293 e. The highest BCUT2D eigenvalue weighted by atomic mass is 32.2. The Labute approximate surface area is 206 Å². The van der Waals surface area contributed by atoms with Crippen molar-refractivity contribution in [1.29, 1.82) is 0 Å². The van der Waals surface area contributed by atoms with Gasteiger partial charge in [-0.05, 0) is 49.4 Å². The van der Waals surface area contributed by atoms with Gasteiger partial charge in [-0.3, -0.25) is 25.2 Å². The lowest BCUT2D eigenvalue weighted by molar-refractivity contribution is -0.134. The predicted molar refractivity (Wildman–Crippen MR) is 135 cm³/mol. The third kappa shape index (κ3) is 6.97. The maximum atomic E-state index is 13.0.